The topological polar surface area (TPSA) is 81.4 Å². The van der Waals surface area contributed by atoms with Gasteiger partial charge in [-0.15, -0.1) is 0 Å². The number of nitrogens with two attached hydrogens (primary N) is 1. The van der Waals surface area contributed by atoms with Crippen molar-refractivity contribution in [1.29, 1.82) is 0 Å². The van der Waals surface area contributed by atoms with Crippen LogP contribution in [0.2, 0.25) is 0 Å². The summed E-state index contributed by atoms with van der Waals surface area (Å²) in [6.45, 7) is 5.73. The van der Waals surface area contributed by atoms with E-state index in [-0.39, 0.29) is 35.9 Å². The Morgan fingerprint density at radius 3 is 2.45 bits per heavy atom. The highest BCUT2D eigenvalue weighted by Crippen LogP contribution is 2.47. The van der Waals surface area contributed by atoms with Crippen molar-refractivity contribution in [3.63, 3.8) is 0 Å². The summed E-state index contributed by atoms with van der Waals surface area (Å²) in [5.41, 5.74) is 6.14. The zero-order chi connectivity index (χ0) is 14.9. The van der Waals surface area contributed by atoms with E-state index in [0.29, 0.717) is 18.4 Å². The molecule has 0 aromatic heterocycles. The van der Waals surface area contributed by atoms with E-state index < -0.39 is 0 Å². The lowest BCUT2D eigenvalue weighted by Crippen LogP contribution is -2.46. The molecule has 0 radical (unpaired) electrons. The van der Waals surface area contributed by atoms with Crippen molar-refractivity contribution in [2.75, 3.05) is 6.54 Å². The van der Waals surface area contributed by atoms with Gasteiger partial charge in [-0.05, 0) is 44.9 Å². The second-order valence-electron chi connectivity index (χ2n) is 6.57. The summed E-state index contributed by atoms with van der Waals surface area (Å²) in [6, 6.07) is -0.00771. The van der Waals surface area contributed by atoms with Crippen molar-refractivity contribution in [2.24, 2.45) is 29.4 Å². The zero-order valence-corrected chi connectivity index (χ0v) is 12.6. The Hall–Kier alpha value is -1.10. The minimum absolute atomic E-state index is 0.00771. The molecule has 0 spiro atoms. The summed E-state index contributed by atoms with van der Waals surface area (Å²) in [4.78, 5) is 23.9. The van der Waals surface area contributed by atoms with Crippen LogP contribution in [0.5, 0.6) is 0 Å². The third kappa shape index (κ3) is 3.14. The number of ether oxygens (including phenoxy) is 1. The molecule has 2 rings (SSSR count). The molecule has 5 nitrogen and oxygen atoms in total. The molecule has 5 heteroatoms. The zero-order valence-electron chi connectivity index (χ0n) is 12.6. The molecule has 2 aliphatic carbocycles. The normalized spacial score (nSPS) is 33.2. The molecular weight excluding hydrogens is 256 g/mol. The molecular formula is C15H26N2O3. The third-order valence-electron chi connectivity index (χ3n) is 4.62. The number of hydrogen-bond donors (Lipinski definition) is 2. The second-order valence-corrected chi connectivity index (χ2v) is 6.57. The van der Waals surface area contributed by atoms with E-state index in [9.17, 15) is 9.59 Å². The number of esters is 1. The average molecular weight is 282 g/mol. The Balaban J connectivity index is 1.79. The fourth-order valence-corrected chi connectivity index (χ4v) is 3.53. The smallest absolute Gasteiger partial charge is 0.310 e. The first-order valence-corrected chi connectivity index (χ1v) is 7.64. The van der Waals surface area contributed by atoms with Gasteiger partial charge in [0.1, 0.15) is 0 Å². The largest absolute Gasteiger partial charge is 0.463 e. The number of rotatable bonds is 5. The quantitative estimate of drug-likeness (QED) is 0.739. The van der Waals surface area contributed by atoms with Crippen molar-refractivity contribution < 1.29 is 14.3 Å². The van der Waals surface area contributed by atoms with Crippen LogP contribution in [-0.4, -0.2) is 30.6 Å². The van der Waals surface area contributed by atoms with Crippen LogP contribution in [0.1, 0.15) is 40.0 Å². The first kappa shape index (κ1) is 15.3. The molecule has 2 bridgehead atoms. The fraction of sp³-hybridized carbons (Fsp3) is 0.867. The van der Waals surface area contributed by atoms with Gasteiger partial charge < -0.3 is 15.8 Å². The van der Waals surface area contributed by atoms with Crippen molar-refractivity contribution >= 4 is 11.9 Å². The highest BCUT2D eigenvalue weighted by atomic mass is 16.5. The lowest BCUT2D eigenvalue weighted by atomic mass is 9.84. The molecule has 20 heavy (non-hydrogen) atoms. The molecule has 2 aliphatic rings. The van der Waals surface area contributed by atoms with E-state index in [1.54, 1.807) is 6.92 Å². The summed E-state index contributed by atoms with van der Waals surface area (Å²) in [7, 11) is 0. The van der Waals surface area contributed by atoms with Gasteiger partial charge in [0, 0.05) is 12.6 Å². The minimum Gasteiger partial charge on any atom is -0.463 e. The lowest BCUT2D eigenvalue weighted by Gasteiger charge is -2.27. The minimum atomic E-state index is -0.323. The molecule has 0 aliphatic heterocycles. The molecule has 2 saturated carbocycles. The van der Waals surface area contributed by atoms with Crippen molar-refractivity contribution in [3.8, 4) is 0 Å². The Kier molecular flexibility index (Phi) is 4.68. The maximum Gasteiger partial charge on any atom is 0.310 e. The van der Waals surface area contributed by atoms with Crippen LogP contribution in [0.15, 0.2) is 0 Å². The van der Waals surface area contributed by atoms with Crippen molar-refractivity contribution in [3.05, 3.63) is 0 Å². The van der Waals surface area contributed by atoms with Gasteiger partial charge in [0.05, 0.1) is 17.9 Å². The lowest BCUT2D eigenvalue weighted by molar-refractivity contribution is -0.151. The molecule has 0 heterocycles. The van der Waals surface area contributed by atoms with Gasteiger partial charge in [-0.25, -0.2) is 0 Å². The highest BCUT2D eigenvalue weighted by molar-refractivity contribution is 5.81. The van der Waals surface area contributed by atoms with Crippen LogP contribution in [0.25, 0.3) is 0 Å². The summed E-state index contributed by atoms with van der Waals surface area (Å²) >= 11 is 0. The first-order chi connectivity index (χ1) is 9.40. The second kappa shape index (κ2) is 6.12. The van der Waals surface area contributed by atoms with E-state index in [2.05, 4.69) is 5.32 Å². The SMILES string of the molecule is CC(C)OC(=O)C(C)CNC(=O)C1C2CCC(C2)C1N. The van der Waals surface area contributed by atoms with Gasteiger partial charge in [-0.2, -0.15) is 0 Å². The predicted octanol–water partition coefficient (Wildman–Crippen LogP) is 1.06. The van der Waals surface area contributed by atoms with Crippen LogP contribution in [-0.2, 0) is 14.3 Å². The molecule has 5 unspecified atom stereocenters. The van der Waals surface area contributed by atoms with Crippen LogP contribution in [0.4, 0.5) is 0 Å². The summed E-state index contributed by atoms with van der Waals surface area (Å²) < 4.78 is 5.13. The Bertz CT molecular complexity index is 381. The fourth-order valence-electron chi connectivity index (χ4n) is 3.53. The van der Waals surface area contributed by atoms with Gasteiger partial charge in [-0.1, -0.05) is 6.92 Å². The van der Waals surface area contributed by atoms with E-state index in [1.165, 1.54) is 0 Å². The van der Waals surface area contributed by atoms with Crippen LogP contribution < -0.4 is 11.1 Å². The molecule has 0 aromatic carbocycles. The first-order valence-electron chi connectivity index (χ1n) is 7.64. The van der Waals surface area contributed by atoms with Gasteiger partial charge in [0.2, 0.25) is 5.91 Å². The molecule has 0 saturated heterocycles. The number of carbonyl (C=O) groups is 2. The number of amides is 1. The summed E-state index contributed by atoms with van der Waals surface area (Å²) in [5.74, 6) is 0.302. The van der Waals surface area contributed by atoms with Gasteiger partial charge >= 0.3 is 5.97 Å². The number of nitrogens with one attached hydrogen (secondary N) is 1. The van der Waals surface area contributed by atoms with Gasteiger partial charge in [0.25, 0.3) is 0 Å². The Morgan fingerprint density at radius 2 is 1.90 bits per heavy atom. The maximum atomic E-state index is 12.3. The molecule has 1 amide bonds. The monoisotopic (exact) mass is 282 g/mol. The molecule has 0 aromatic rings. The number of fused-ring (bicyclic) bond motifs is 2. The van der Waals surface area contributed by atoms with E-state index in [4.69, 9.17) is 10.5 Å². The summed E-state index contributed by atoms with van der Waals surface area (Å²) in [6.07, 6.45) is 3.23. The van der Waals surface area contributed by atoms with Crippen LogP contribution in [0.3, 0.4) is 0 Å². The van der Waals surface area contributed by atoms with E-state index >= 15 is 0 Å². The molecule has 2 fully saturated rings. The van der Waals surface area contributed by atoms with Gasteiger partial charge in [0.15, 0.2) is 0 Å². The van der Waals surface area contributed by atoms with E-state index in [1.807, 2.05) is 13.8 Å². The number of hydrogen-bond acceptors (Lipinski definition) is 4. The Morgan fingerprint density at radius 1 is 1.25 bits per heavy atom. The van der Waals surface area contributed by atoms with E-state index in [0.717, 1.165) is 19.3 Å². The molecule has 5 atom stereocenters. The number of carbonyl (C=O) groups excluding carboxylic acids is 2. The molecule has 3 N–H and O–H groups in total. The standard InChI is InChI=1S/C15H26N2O3/c1-8(2)20-15(19)9(3)7-17-14(18)12-10-4-5-11(6-10)13(12)16/h8-13H,4-7,16H2,1-3H3,(H,17,18). The average Bonchev–Trinajstić information content (AvgIpc) is 2.95. The molecule has 114 valence electrons. The summed E-state index contributed by atoms with van der Waals surface area (Å²) in [5, 5.41) is 2.87. The highest BCUT2D eigenvalue weighted by Gasteiger charge is 2.49. The van der Waals surface area contributed by atoms with Crippen molar-refractivity contribution in [1.82, 2.24) is 5.32 Å². The predicted molar refractivity (Wildman–Crippen MR) is 75.7 cm³/mol. The van der Waals surface area contributed by atoms with Crippen molar-refractivity contribution in [2.45, 2.75) is 52.2 Å². The van der Waals surface area contributed by atoms with Gasteiger partial charge in [-0.3, -0.25) is 9.59 Å². The maximum absolute atomic E-state index is 12.3. The van der Waals surface area contributed by atoms with Crippen LogP contribution >= 0.6 is 0 Å². The third-order valence-corrected chi connectivity index (χ3v) is 4.62. The van der Waals surface area contributed by atoms with Crippen LogP contribution in [0, 0.1) is 23.7 Å². The Labute approximate surface area is 120 Å².